The maximum Gasteiger partial charge on any atom is 2.00 e. The molecule has 3 aromatic heterocycles. The van der Waals surface area contributed by atoms with Gasteiger partial charge in [-0.3, -0.25) is 0 Å². The van der Waals surface area contributed by atoms with Crippen LogP contribution in [0.5, 0.6) is 0 Å². The van der Waals surface area contributed by atoms with Gasteiger partial charge >= 0.3 is 19.5 Å². The van der Waals surface area contributed by atoms with E-state index in [4.69, 9.17) is 19.9 Å². The molecule has 0 amide bonds. The molecule has 0 unspecified atom stereocenters. The zero-order valence-electron chi connectivity index (χ0n) is 22.3. The summed E-state index contributed by atoms with van der Waals surface area (Å²) in [7, 11) is 0. The molecule has 5 heterocycles. The summed E-state index contributed by atoms with van der Waals surface area (Å²) in [6.45, 7) is 4.50. The molecule has 0 saturated carbocycles. The Morgan fingerprint density at radius 1 is 0.568 bits per heavy atom. The Kier molecular flexibility index (Phi) is 9.69. The van der Waals surface area contributed by atoms with Gasteiger partial charge < -0.3 is 9.97 Å². The second-order valence-corrected chi connectivity index (χ2v) is 9.89. The molecule has 2 aliphatic heterocycles. The Morgan fingerprint density at radius 2 is 1.05 bits per heavy atom. The van der Waals surface area contributed by atoms with Crippen molar-refractivity contribution in [3.63, 3.8) is 0 Å². The summed E-state index contributed by atoms with van der Waals surface area (Å²) in [6, 6.07) is 12.6. The van der Waals surface area contributed by atoms with Crippen LogP contribution in [0.2, 0.25) is 0 Å². The fraction of sp³-hybridized carbons (Fsp3) is 0.375. The van der Waals surface area contributed by atoms with E-state index >= 15 is 0 Å². The third-order valence-electron chi connectivity index (χ3n) is 7.04. The van der Waals surface area contributed by atoms with Gasteiger partial charge in [-0.2, -0.15) is 0 Å². The van der Waals surface area contributed by atoms with Crippen molar-refractivity contribution in [3.8, 4) is 0 Å². The Bertz CT molecular complexity index is 1330. The van der Waals surface area contributed by atoms with Crippen LogP contribution in [-0.2, 0) is 32.3 Å². The quantitative estimate of drug-likeness (QED) is 0.132. The average Bonchev–Trinajstić information content (AvgIpc) is 3.68. The molecule has 0 atom stereocenters. The first-order valence-electron chi connectivity index (χ1n) is 13.7. The first kappa shape index (κ1) is 27.3. The second-order valence-electron chi connectivity index (χ2n) is 9.89. The molecule has 0 aliphatic carbocycles. The zero-order valence-corrected chi connectivity index (χ0v) is 25.3. The number of aromatic nitrogens is 4. The largest absolute Gasteiger partial charge is 2.00 e. The van der Waals surface area contributed by atoms with Gasteiger partial charge in [0.05, 0.1) is 22.8 Å². The van der Waals surface area contributed by atoms with Crippen LogP contribution in [0.1, 0.15) is 99.1 Å². The van der Waals surface area contributed by atoms with Crippen LogP contribution >= 0.6 is 0 Å². The van der Waals surface area contributed by atoms with E-state index in [2.05, 4.69) is 74.5 Å². The summed E-state index contributed by atoms with van der Waals surface area (Å²) in [5.41, 5.74) is 10.4. The van der Waals surface area contributed by atoms with Crippen LogP contribution in [0.3, 0.4) is 0 Å². The van der Waals surface area contributed by atoms with Crippen molar-refractivity contribution < 1.29 is 19.5 Å². The molecular weight excluding hydrogens is 506 g/mol. The van der Waals surface area contributed by atoms with E-state index in [-0.39, 0.29) is 19.5 Å². The molecule has 0 spiro atoms. The van der Waals surface area contributed by atoms with Crippen LogP contribution in [-0.4, -0.2) is 9.97 Å². The summed E-state index contributed by atoms with van der Waals surface area (Å²) < 4.78 is 0. The average molecular weight is 542 g/mol. The second kappa shape index (κ2) is 13.1. The molecule has 0 saturated heterocycles. The summed E-state index contributed by atoms with van der Waals surface area (Å²) in [5.74, 6) is 0. The van der Waals surface area contributed by atoms with Crippen LogP contribution in [0.25, 0.3) is 46.4 Å². The molecule has 4 nitrogen and oxygen atoms in total. The summed E-state index contributed by atoms with van der Waals surface area (Å²) in [5, 5.41) is 0. The van der Waals surface area contributed by atoms with Gasteiger partial charge in [-0.15, -0.1) is 22.1 Å². The smallest absolute Gasteiger partial charge is 0.658 e. The van der Waals surface area contributed by atoms with Crippen molar-refractivity contribution in [2.75, 3.05) is 0 Å². The van der Waals surface area contributed by atoms with Crippen LogP contribution in [0.4, 0.5) is 0 Å². The van der Waals surface area contributed by atoms with E-state index in [1.807, 2.05) is 0 Å². The van der Waals surface area contributed by atoms with E-state index in [9.17, 15) is 0 Å². The van der Waals surface area contributed by atoms with Gasteiger partial charge in [0, 0.05) is 5.56 Å². The van der Waals surface area contributed by atoms with E-state index in [1.54, 1.807) is 0 Å². The Balaban J connectivity index is 0.00000320. The van der Waals surface area contributed by atoms with Gasteiger partial charge in [0.15, 0.2) is 0 Å². The molecule has 0 radical (unpaired) electrons. The molecule has 8 bridgehead atoms. The minimum absolute atomic E-state index is 0. The predicted octanol–water partition coefficient (Wildman–Crippen LogP) is 8.16. The van der Waals surface area contributed by atoms with E-state index < -0.39 is 0 Å². The maximum atomic E-state index is 4.99. The minimum atomic E-state index is 0. The normalized spacial score (nSPS) is 12.2. The minimum Gasteiger partial charge on any atom is -0.658 e. The van der Waals surface area contributed by atoms with Crippen molar-refractivity contribution in [1.29, 1.82) is 0 Å². The van der Waals surface area contributed by atoms with E-state index in [0.29, 0.717) is 0 Å². The summed E-state index contributed by atoms with van der Waals surface area (Å²) >= 11 is 0. The van der Waals surface area contributed by atoms with Gasteiger partial charge in [0.2, 0.25) is 0 Å². The zero-order chi connectivity index (χ0) is 24.7. The third kappa shape index (κ3) is 6.76. The number of unbranched alkanes of at least 4 members (excludes halogenated alkanes) is 6. The number of hydrogen-bond acceptors (Lipinski definition) is 2. The number of rotatable bonds is 10. The molecule has 186 valence electrons. The first-order chi connectivity index (χ1) is 17.7. The number of aryl methyl sites for hydroxylation is 1. The Hall–Kier alpha value is -2.78. The predicted molar refractivity (Wildman–Crippen MR) is 152 cm³/mol. The van der Waals surface area contributed by atoms with Crippen LogP contribution < -0.4 is 9.97 Å². The SMILES string of the molecule is CCCCCCc1c2nc(cc3ccc([n-]3)c(CCCCCC)c3ccc(cc4nc1C=C4)[n-]3)C=C2.[Zn+2]. The number of hydrogen-bond donors (Lipinski definition) is 0. The first-order valence-corrected chi connectivity index (χ1v) is 13.7. The molecule has 5 heteroatoms. The van der Waals surface area contributed by atoms with Crippen molar-refractivity contribution >= 4 is 46.4 Å². The molecule has 0 N–H and O–H groups in total. The molecule has 2 aliphatic rings. The maximum absolute atomic E-state index is 4.99. The van der Waals surface area contributed by atoms with Gasteiger partial charge in [0.1, 0.15) is 0 Å². The molecule has 37 heavy (non-hydrogen) atoms. The molecule has 0 aromatic carbocycles. The van der Waals surface area contributed by atoms with Crippen molar-refractivity contribution in [2.45, 2.75) is 78.1 Å². The van der Waals surface area contributed by atoms with Gasteiger partial charge in [-0.05, 0) is 50.0 Å². The van der Waals surface area contributed by atoms with Gasteiger partial charge in [0.25, 0.3) is 0 Å². The fourth-order valence-corrected chi connectivity index (χ4v) is 5.04. The van der Waals surface area contributed by atoms with E-state index in [0.717, 1.165) is 70.5 Å². The van der Waals surface area contributed by atoms with Gasteiger partial charge in [-0.1, -0.05) is 94.3 Å². The third-order valence-corrected chi connectivity index (χ3v) is 7.04. The van der Waals surface area contributed by atoms with Crippen LogP contribution in [0.15, 0.2) is 36.4 Å². The summed E-state index contributed by atoms with van der Waals surface area (Å²) in [6.07, 6.45) is 20.2. The monoisotopic (exact) mass is 540 g/mol. The number of nitrogens with zero attached hydrogens (tertiary/aromatic N) is 4. The fourth-order valence-electron chi connectivity index (χ4n) is 5.04. The molecule has 3 aromatic rings. The molecule has 0 fully saturated rings. The van der Waals surface area contributed by atoms with Gasteiger partial charge in [-0.25, -0.2) is 9.97 Å². The Labute approximate surface area is 233 Å². The summed E-state index contributed by atoms with van der Waals surface area (Å²) in [4.78, 5) is 19.9. The Morgan fingerprint density at radius 3 is 1.54 bits per heavy atom. The topological polar surface area (TPSA) is 54.0 Å². The van der Waals surface area contributed by atoms with Crippen molar-refractivity contribution in [1.82, 2.24) is 19.9 Å². The molecular formula is C32H36N4Zn. The molecule has 5 rings (SSSR count). The standard InChI is InChI=1S/C32H36N4.Zn/c1-3-5-7-9-11-27-29-17-13-23(33-29)21-25-15-19-31(35-25)28(12-10-8-6-4-2)32-20-16-26(36-32)22-24-14-18-30(27)34-24;/h13-22H,3-12H2,1-2H3;/q-2;+2. The van der Waals surface area contributed by atoms with E-state index in [1.165, 1.54) is 49.7 Å². The number of fused-ring (bicyclic) bond motifs is 8. The van der Waals surface area contributed by atoms with Crippen molar-refractivity contribution in [3.05, 3.63) is 70.3 Å². The van der Waals surface area contributed by atoms with Crippen molar-refractivity contribution in [2.24, 2.45) is 0 Å². The van der Waals surface area contributed by atoms with Crippen LogP contribution in [0, 0.1) is 0 Å².